The lowest BCUT2D eigenvalue weighted by Gasteiger charge is -2.33. The summed E-state index contributed by atoms with van der Waals surface area (Å²) in [5.41, 5.74) is 1.07. The van der Waals surface area contributed by atoms with E-state index in [9.17, 15) is 14.4 Å². The highest BCUT2D eigenvalue weighted by atomic mass is 16.5. The number of benzene rings is 1. The maximum absolute atomic E-state index is 12.9. The molecule has 1 unspecified atom stereocenters. The van der Waals surface area contributed by atoms with E-state index < -0.39 is 11.6 Å². The number of nitrogens with zero attached hydrogens (tertiary/aromatic N) is 1. The maximum atomic E-state index is 12.9. The Hall–Kier alpha value is -2.77. The largest absolute Gasteiger partial charge is 0.494 e. The van der Waals surface area contributed by atoms with Crippen LogP contribution in [0.25, 0.3) is 0 Å². The van der Waals surface area contributed by atoms with Crippen LogP contribution in [-0.2, 0) is 22.6 Å². The third kappa shape index (κ3) is 4.20. The molecule has 1 saturated heterocycles. The van der Waals surface area contributed by atoms with Crippen LogP contribution in [0.5, 0.6) is 11.5 Å². The van der Waals surface area contributed by atoms with Gasteiger partial charge in [-0.2, -0.15) is 0 Å². The van der Waals surface area contributed by atoms with Crippen LogP contribution in [0.4, 0.5) is 4.79 Å². The third-order valence-electron chi connectivity index (χ3n) is 6.53. The third-order valence-corrected chi connectivity index (χ3v) is 6.53. The second-order valence-corrected chi connectivity index (χ2v) is 9.00. The topological polar surface area (TPSA) is 97.0 Å². The number of hydrogen-bond donors (Lipinski definition) is 2. The summed E-state index contributed by atoms with van der Waals surface area (Å²) in [6.45, 7) is 6.53. The van der Waals surface area contributed by atoms with Crippen molar-refractivity contribution in [3.05, 3.63) is 23.3 Å². The Balaban J connectivity index is 1.39. The van der Waals surface area contributed by atoms with Crippen molar-refractivity contribution in [1.82, 2.24) is 15.5 Å². The van der Waals surface area contributed by atoms with Gasteiger partial charge in [-0.25, -0.2) is 4.79 Å². The number of carbonyl (C=O) groups is 3. The zero-order chi connectivity index (χ0) is 22.2. The van der Waals surface area contributed by atoms with Crippen molar-refractivity contribution in [1.29, 1.82) is 0 Å². The predicted octanol–water partition coefficient (Wildman–Crippen LogP) is 2.53. The minimum Gasteiger partial charge on any atom is -0.494 e. The molecular weight excluding hydrogens is 398 g/mol. The molecule has 2 N–H and O–H groups in total. The van der Waals surface area contributed by atoms with Gasteiger partial charge in [-0.1, -0.05) is 6.92 Å². The van der Waals surface area contributed by atoms with Gasteiger partial charge in [0, 0.05) is 24.1 Å². The molecule has 4 amide bonds. The van der Waals surface area contributed by atoms with E-state index in [1.54, 1.807) is 0 Å². The van der Waals surface area contributed by atoms with Gasteiger partial charge in [0.2, 0.25) is 5.91 Å². The summed E-state index contributed by atoms with van der Waals surface area (Å²) in [5, 5.41) is 5.67. The van der Waals surface area contributed by atoms with E-state index in [0.717, 1.165) is 41.0 Å². The summed E-state index contributed by atoms with van der Waals surface area (Å²) in [7, 11) is 0. The van der Waals surface area contributed by atoms with Crippen LogP contribution in [0.1, 0.15) is 57.6 Å². The highest BCUT2D eigenvalue weighted by molar-refractivity contribution is 6.09. The first-order valence-electron chi connectivity index (χ1n) is 11.2. The highest BCUT2D eigenvalue weighted by Crippen LogP contribution is 2.37. The van der Waals surface area contributed by atoms with E-state index in [1.807, 2.05) is 26.0 Å². The van der Waals surface area contributed by atoms with Crippen molar-refractivity contribution in [3.63, 3.8) is 0 Å². The molecule has 1 spiro atoms. The zero-order valence-corrected chi connectivity index (χ0v) is 18.5. The summed E-state index contributed by atoms with van der Waals surface area (Å²) < 4.78 is 11.6. The molecule has 1 aromatic carbocycles. The first kappa shape index (κ1) is 21.5. The van der Waals surface area contributed by atoms with Gasteiger partial charge in [0.1, 0.15) is 29.7 Å². The molecule has 31 heavy (non-hydrogen) atoms. The highest BCUT2D eigenvalue weighted by Gasteiger charge is 2.52. The molecule has 2 fully saturated rings. The first-order chi connectivity index (χ1) is 14.8. The van der Waals surface area contributed by atoms with Gasteiger partial charge < -0.3 is 20.1 Å². The number of carbonyl (C=O) groups excluding carboxylic acids is 3. The molecule has 1 aromatic rings. The van der Waals surface area contributed by atoms with E-state index in [-0.39, 0.29) is 31.0 Å². The second-order valence-electron chi connectivity index (χ2n) is 9.00. The first-order valence-corrected chi connectivity index (χ1v) is 11.2. The van der Waals surface area contributed by atoms with Crippen LogP contribution in [0.2, 0.25) is 0 Å². The molecule has 0 bridgehead atoms. The standard InChI is InChI=1S/C23H31N3O5/c1-4-30-18-10-16-9-15(3)31-19(16)11-17(18)12-24-20(27)13-26-21(28)23(25-22(26)29)7-5-14(2)6-8-23/h10-11,14-15H,4-9,12-13H2,1-3H3,(H,24,27)(H,25,29). The number of nitrogens with one attached hydrogen (secondary N) is 2. The Labute approximate surface area is 182 Å². The van der Waals surface area contributed by atoms with Crippen molar-refractivity contribution in [2.24, 2.45) is 5.92 Å². The summed E-state index contributed by atoms with van der Waals surface area (Å²) in [6, 6.07) is 3.38. The summed E-state index contributed by atoms with van der Waals surface area (Å²) in [5.74, 6) is 1.40. The summed E-state index contributed by atoms with van der Waals surface area (Å²) >= 11 is 0. The van der Waals surface area contributed by atoms with Crippen molar-refractivity contribution < 1.29 is 23.9 Å². The fourth-order valence-corrected chi connectivity index (χ4v) is 4.72. The van der Waals surface area contributed by atoms with Crippen molar-refractivity contribution in [2.75, 3.05) is 13.2 Å². The molecule has 4 rings (SSSR count). The molecule has 2 aliphatic heterocycles. The van der Waals surface area contributed by atoms with Gasteiger partial charge in [0.25, 0.3) is 5.91 Å². The minimum absolute atomic E-state index is 0.115. The van der Waals surface area contributed by atoms with Crippen LogP contribution in [0, 0.1) is 5.92 Å². The maximum Gasteiger partial charge on any atom is 0.325 e. The molecule has 1 aliphatic carbocycles. The lowest BCUT2D eigenvalue weighted by Crippen LogP contribution is -2.49. The van der Waals surface area contributed by atoms with Crippen LogP contribution in [0.15, 0.2) is 12.1 Å². The average molecular weight is 430 g/mol. The number of rotatable bonds is 6. The summed E-state index contributed by atoms with van der Waals surface area (Å²) in [4.78, 5) is 39.0. The Morgan fingerprint density at radius 3 is 2.74 bits per heavy atom. The molecule has 3 aliphatic rings. The quantitative estimate of drug-likeness (QED) is 0.678. The monoisotopic (exact) mass is 429 g/mol. The SMILES string of the molecule is CCOc1cc2c(cc1CNC(=O)CN1C(=O)NC3(CCC(C)CC3)C1=O)OC(C)C2. The number of imide groups is 1. The van der Waals surface area contributed by atoms with E-state index in [0.29, 0.717) is 31.1 Å². The van der Waals surface area contributed by atoms with Gasteiger partial charge in [-0.05, 0) is 57.6 Å². The number of fused-ring (bicyclic) bond motifs is 1. The van der Waals surface area contributed by atoms with Gasteiger partial charge in [-0.15, -0.1) is 0 Å². The molecule has 2 heterocycles. The molecule has 8 nitrogen and oxygen atoms in total. The van der Waals surface area contributed by atoms with E-state index in [1.165, 1.54) is 0 Å². The van der Waals surface area contributed by atoms with E-state index in [4.69, 9.17) is 9.47 Å². The van der Waals surface area contributed by atoms with Crippen molar-refractivity contribution in [2.45, 2.75) is 71.1 Å². The molecule has 0 radical (unpaired) electrons. The second kappa shape index (κ2) is 8.40. The lowest BCUT2D eigenvalue weighted by atomic mass is 9.77. The van der Waals surface area contributed by atoms with Gasteiger partial charge in [0.05, 0.1) is 6.61 Å². The number of urea groups is 1. The van der Waals surface area contributed by atoms with Crippen LogP contribution >= 0.6 is 0 Å². The lowest BCUT2D eigenvalue weighted by molar-refractivity contribution is -0.136. The smallest absolute Gasteiger partial charge is 0.325 e. The van der Waals surface area contributed by atoms with E-state index in [2.05, 4.69) is 17.6 Å². The van der Waals surface area contributed by atoms with Crippen molar-refractivity contribution in [3.8, 4) is 11.5 Å². The van der Waals surface area contributed by atoms with Crippen molar-refractivity contribution >= 4 is 17.8 Å². The molecule has 1 saturated carbocycles. The predicted molar refractivity (Wildman–Crippen MR) is 114 cm³/mol. The Morgan fingerprint density at radius 2 is 2.03 bits per heavy atom. The fraction of sp³-hybridized carbons (Fsp3) is 0.609. The van der Waals surface area contributed by atoms with Crippen LogP contribution in [-0.4, -0.2) is 47.5 Å². The molecule has 1 atom stereocenters. The molecule has 0 aromatic heterocycles. The average Bonchev–Trinajstić information content (AvgIpc) is 3.20. The van der Waals surface area contributed by atoms with E-state index >= 15 is 0 Å². The number of hydrogen-bond acceptors (Lipinski definition) is 5. The Kier molecular flexibility index (Phi) is 5.81. The van der Waals surface area contributed by atoms with Gasteiger partial charge in [-0.3, -0.25) is 14.5 Å². The molecular formula is C23H31N3O5. The Bertz CT molecular complexity index is 891. The van der Waals surface area contributed by atoms with Crippen LogP contribution in [0.3, 0.4) is 0 Å². The van der Waals surface area contributed by atoms with Gasteiger partial charge >= 0.3 is 6.03 Å². The zero-order valence-electron chi connectivity index (χ0n) is 18.5. The fourth-order valence-electron chi connectivity index (χ4n) is 4.72. The summed E-state index contributed by atoms with van der Waals surface area (Å²) in [6.07, 6.45) is 3.99. The number of amides is 4. The van der Waals surface area contributed by atoms with Crippen LogP contribution < -0.4 is 20.1 Å². The normalized spacial score (nSPS) is 27.1. The Morgan fingerprint density at radius 1 is 1.29 bits per heavy atom. The van der Waals surface area contributed by atoms with Gasteiger partial charge in [0.15, 0.2) is 0 Å². The number of ether oxygens (including phenoxy) is 2. The minimum atomic E-state index is -0.833. The molecule has 168 valence electrons. The molecule has 8 heteroatoms.